The first-order chi connectivity index (χ1) is 7.48. The molecule has 16 heavy (non-hydrogen) atoms. The summed E-state index contributed by atoms with van der Waals surface area (Å²) in [6.45, 7) is 0. The lowest BCUT2D eigenvalue weighted by Crippen LogP contribution is -2.26. The minimum Gasteiger partial charge on any atom is -0.394 e. The number of H-pyrrole nitrogens is 1. The van der Waals surface area contributed by atoms with Crippen LogP contribution in [-0.2, 0) is 9.84 Å². The van der Waals surface area contributed by atoms with Crippen LogP contribution in [0.15, 0.2) is 10.9 Å². The molecule has 0 radical (unpaired) electrons. The number of nitrogen functional groups attached to an aromatic ring is 1. The molecule has 1 unspecified atom stereocenters. The van der Waals surface area contributed by atoms with Crippen LogP contribution in [0.3, 0.4) is 0 Å². The number of nitrogens with one attached hydrogen (secondary N) is 1. The Morgan fingerprint density at radius 1 is 1.50 bits per heavy atom. The van der Waals surface area contributed by atoms with Gasteiger partial charge in [-0.3, -0.25) is 4.79 Å². The van der Waals surface area contributed by atoms with Gasteiger partial charge in [0.25, 0.3) is 5.56 Å². The minimum atomic E-state index is -2.98. The molecule has 0 spiro atoms. The maximum absolute atomic E-state index is 11.5. The fraction of sp³-hybridized carbons (Fsp3) is 0.556. The zero-order valence-electron chi connectivity index (χ0n) is 8.64. The van der Waals surface area contributed by atoms with E-state index in [-0.39, 0.29) is 23.1 Å². The largest absolute Gasteiger partial charge is 0.394 e. The highest BCUT2D eigenvalue weighted by Crippen LogP contribution is 2.26. The van der Waals surface area contributed by atoms with E-state index in [0.717, 1.165) is 6.42 Å². The van der Waals surface area contributed by atoms with Crippen molar-refractivity contribution in [3.05, 3.63) is 22.1 Å². The van der Waals surface area contributed by atoms with Gasteiger partial charge in [-0.25, -0.2) is 13.5 Å². The first-order valence-electron chi connectivity index (χ1n) is 5.03. The summed E-state index contributed by atoms with van der Waals surface area (Å²) in [7, 11) is -2.98. The highest BCUT2D eigenvalue weighted by atomic mass is 32.2. The summed E-state index contributed by atoms with van der Waals surface area (Å²) >= 11 is 0. The van der Waals surface area contributed by atoms with E-state index in [1.807, 2.05) is 0 Å². The Balaban J connectivity index is 2.30. The third-order valence-corrected chi connectivity index (χ3v) is 4.55. The van der Waals surface area contributed by atoms with E-state index < -0.39 is 15.4 Å². The number of sulfone groups is 1. The topological polar surface area (TPSA) is 106 Å². The molecular formula is C9H13N3O3S. The second-order valence-electron chi connectivity index (χ2n) is 4.03. The van der Waals surface area contributed by atoms with Gasteiger partial charge in [-0.1, -0.05) is 0 Å². The summed E-state index contributed by atoms with van der Waals surface area (Å²) in [6, 6.07) is 1.46. The van der Waals surface area contributed by atoms with Crippen molar-refractivity contribution in [2.24, 2.45) is 0 Å². The van der Waals surface area contributed by atoms with Crippen LogP contribution in [0.1, 0.15) is 24.5 Å². The highest BCUT2D eigenvalue weighted by Gasteiger charge is 2.27. The molecule has 1 saturated heterocycles. The molecule has 88 valence electrons. The van der Waals surface area contributed by atoms with Crippen LogP contribution in [0.25, 0.3) is 0 Å². The van der Waals surface area contributed by atoms with Gasteiger partial charge in [0.15, 0.2) is 9.84 Å². The molecule has 2 rings (SSSR count). The summed E-state index contributed by atoms with van der Waals surface area (Å²) < 4.78 is 22.9. The average Bonchev–Trinajstić information content (AvgIpc) is 2.20. The number of anilines is 1. The number of hydrogen-bond acceptors (Lipinski definition) is 5. The van der Waals surface area contributed by atoms with Crippen molar-refractivity contribution in [1.29, 1.82) is 0 Å². The summed E-state index contributed by atoms with van der Waals surface area (Å²) in [5, 5.41) is 6.11. The summed E-state index contributed by atoms with van der Waals surface area (Å²) in [4.78, 5) is 11.0. The molecule has 0 amide bonds. The second kappa shape index (κ2) is 3.89. The lowest BCUT2D eigenvalue weighted by molar-refractivity contribution is 0.547. The highest BCUT2D eigenvalue weighted by molar-refractivity contribution is 7.91. The Morgan fingerprint density at radius 3 is 2.88 bits per heavy atom. The molecule has 0 aliphatic carbocycles. The number of nitrogens with zero attached hydrogens (tertiary/aromatic N) is 1. The number of aromatic amines is 1. The molecule has 3 N–H and O–H groups in total. The molecule has 6 nitrogen and oxygen atoms in total. The van der Waals surface area contributed by atoms with E-state index in [0.29, 0.717) is 12.1 Å². The standard InChI is InChI=1S/C9H13N3O3S/c10-7-4-8(11-12-9(7)13)6-2-1-3-16(14,15)5-6/h4,6H,1-3,5H2,(H2,10,11)(H,12,13). The van der Waals surface area contributed by atoms with Gasteiger partial charge < -0.3 is 5.73 Å². The normalized spacial score (nSPS) is 24.1. The van der Waals surface area contributed by atoms with Gasteiger partial charge in [-0.05, 0) is 18.9 Å². The minimum absolute atomic E-state index is 0.0768. The smallest absolute Gasteiger partial charge is 0.287 e. The molecular weight excluding hydrogens is 230 g/mol. The molecule has 1 aromatic rings. The van der Waals surface area contributed by atoms with Crippen molar-refractivity contribution >= 4 is 15.5 Å². The summed E-state index contributed by atoms with van der Waals surface area (Å²) in [6.07, 6.45) is 1.39. The van der Waals surface area contributed by atoms with Crippen molar-refractivity contribution in [2.45, 2.75) is 18.8 Å². The van der Waals surface area contributed by atoms with Crippen LogP contribution in [0.5, 0.6) is 0 Å². The predicted molar refractivity (Wildman–Crippen MR) is 59.9 cm³/mol. The van der Waals surface area contributed by atoms with E-state index in [1.165, 1.54) is 6.07 Å². The molecule has 1 aliphatic rings. The van der Waals surface area contributed by atoms with Crippen LogP contribution in [-0.4, -0.2) is 30.1 Å². The van der Waals surface area contributed by atoms with Crippen molar-refractivity contribution in [1.82, 2.24) is 10.2 Å². The maximum Gasteiger partial charge on any atom is 0.287 e. The Bertz CT molecular complexity index is 549. The average molecular weight is 243 g/mol. The van der Waals surface area contributed by atoms with E-state index in [2.05, 4.69) is 10.2 Å². The fourth-order valence-corrected chi connectivity index (χ4v) is 3.63. The molecule has 1 aromatic heterocycles. The quantitative estimate of drug-likeness (QED) is 0.701. The second-order valence-corrected chi connectivity index (χ2v) is 6.26. The molecule has 0 aromatic carbocycles. The van der Waals surface area contributed by atoms with E-state index >= 15 is 0 Å². The van der Waals surface area contributed by atoms with Gasteiger partial charge in [0.2, 0.25) is 0 Å². The maximum atomic E-state index is 11.5. The van der Waals surface area contributed by atoms with Gasteiger partial charge in [0.05, 0.1) is 17.2 Å². The fourth-order valence-electron chi connectivity index (χ4n) is 1.90. The zero-order chi connectivity index (χ0) is 11.8. The van der Waals surface area contributed by atoms with Crippen molar-refractivity contribution < 1.29 is 8.42 Å². The number of rotatable bonds is 1. The Kier molecular flexibility index (Phi) is 2.71. The molecule has 1 fully saturated rings. The van der Waals surface area contributed by atoms with Crippen LogP contribution < -0.4 is 11.3 Å². The van der Waals surface area contributed by atoms with Crippen molar-refractivity contribution in [3.8, 4) is 0 Å². The zero-order valence-corrected chi connectivity index (χ0v) is 9.46. The first-order valence-corrected chi connectivity index (χ1v) is 6.85. The predicted octanol–water partition coefficient (Wildman–Crippen LogP) is -0.356. The molecule has 7 heteroatoms. The first kappa shape index (κ1) is 11.1. The van der Waals surface area contributed by atoms with Crippen LogP contribution in [0.2, 0.25) is 0 Å². The summed E-state index contributed by atoms with van der Waals surface area (Å²) in [5.41, 5.74) is 5.65. The number of hydrogen-bond donors (Lipinski definition) is 2. The van der Waals surface area contributed by atoms with Crippen LogP contribution in [0, 0.1) is 0 Å². The van der Waals surface area contributed by atoms with Crippen LogP contribution >= 0.6 is 0 Å². The number of aromatic nitrogens is 2. The lowest BCUT2D eigenvalue weighted by Gasteiger charge is -2.20. The Morgan fingerprint density at radius 2 is 2.25 bits per heavy atom. The Labute approximate surface area is 92.8 Å². The summed E-state index contributed by atoms with van der Waals surface area (Å²) in [5.74, 6) is 0.172. The number of nitrogens with two attached hydrogens (primary N) is 1. The van der Waals surface area contributed by atoms with Crippen molar-refractivity contribution in [2.75, 3.05) is 17.2 Å². The van der Waals surface area contributed by atoms with Gasteiger partial charge in [0.1, 0.15) is 5.69 Å². The third-order valence-electron chi connectivity index (χ3n) is 2.73. The van der Waals surface area contributed by atoms with E-state index in [1.54, 1.807) is 0 Å². The van der Waals surface area contributed by atoms with E-state index in [9.17, 15) is 13.2 Å². The molecule has 1 atom stereocenters. The van der Waals surface area contributed by atoms with E-state index in [4.69, 9.17) is 5.73 Å². The molecule has 0 saturated carbocycles. The monoisotopic (exact) mass is 243 g/mol. The van der Waals surface area contributed by atoms with Crippen LogP contribution in [0.4, 0.5) is 5.69 Å². The lowest BCUT2D eigenvalue weighted by atomic mass is 10.0. The molecule has 2 heterocycles. The molecule has 0 bridgehead atoms. The SMILES string of the molecule is Nc1cc(C2CCCS(=O)(=O)C2)n[nH]c1=O. The van der Waals surface area contributed by atoms with Gasteiger partial charge >= 0.3 is 0 Å². The van der Waals surface area contributed by atoms with Gasteiger partial charge in [-0.2, -0.15) is 5.10 Å². The molecule has 1 aliphatic heterocycles. The van der Waals surface area contributed by atoms with Gasteiger partial charge in [-0.15, -0.1) is 0 Å². The van der Waals surface area contributed by atoms with Gasteiger partial charge in [0, 0.05) is 5.92 Å². The van der Waals surface area contributed by atoms with Crippen molar-refractivity contribution in [3.63, 3.8) is 0 Å². The Hall–Kier alpha value is -1.37. The third kappa shape index (κ3) is 2.24.